The van der Waals surface area contributed by atoms with Gasteiger partial charge in [0.2, 0.25) is 5.69 Å². The van der Waals surface area contributed by atoms with Gasteiger partial charge in [-0.05, 0) is 101 Å². The first kappa shape index (κ1) is 32.2. The number of benzene rings is 6. The SMILES string of the molecule is CCC1(C)c2ccc(-c3cccc(-c4cc(-c5ccccc5)cc(-n5c6ccccc6c6ccccc65)c4)c3)cc2-c2cccc[n+]2C1(CC)CC. The highest BCUT2D eigenvalue weighted by molar-refractivity contribution is 6.09. The molecule has 0 radical (unpaired) electrons. The zero-order valence-electron chi connectivity index (χ0n) is 30.6. The average Bonchev–Trinajstić information content (AvgIpc) is 3.56. The Bertz CT molecular complexity index is 2550. The Morgan fingerprint density at radius 2 is 1.04 bits per heavy atom. The minimum absolute atomic E-state index is 0.0202. The quantitative estimate of drug-likeness (QED) is 0.149. The number of fused-ring (bicyclic) bond motifs is 6. The number of pyridine rings is 1. The Morgan fingerprint density at radius 3 is 1.71 bits per heavy atom. The summed E-state index contributed by atoms with van der Waals surface area (Å²) in [6, 6.07) is 58.5. The maximum absolute atomic E-state index is 2.60. The summed E-state index contributed by atoms with van der Waals surface area (Å²) in [5.41, 5.74) is 15.1. The molecule has 254 valence electrons. The number of rotatable bonds is 7. The summed E-state index contributed by atoms with van der Waals surface area (Å²) in [6.07, 6.45) is 5.60. The van der Waals surface area contributed by atoms with Crippen molar-refractivity contribution in [1.82, 2.24) is 4.57 Å². The van der Waals surface area contributed by atoms with Crippen LogP contribution in [0.3, 0.4) is 0 Å². The Hall–Kier alpha value is -5.73. The van der Waals surface area contributed by atoms with Crippen LogP contribution < -0.4 is 4.57 Å². The molecule has 1 aliphatic rings. The lowest BCUT2D eigenvalue weighted by atomic mass is 9.58. The number of hydrogen-bond donors (Lipinski definition) is 0. The number of hydrogen-bond acceptors (Lipinski definition) is 0. The van der Waals surface area contributed by atoms with Gasteiger partial charge in [-0.3, -0.25) is 0 Å². The largest absolute Gasteiger partial charge is 0.309 e. The van der Waals surface area contributed by atoms with Crippen LogP contribution >= 0.6 is 0 Å². The highest BCUT2D eigenvalue weighted by atomic mass is 15.1. The Morgan fingerprint density at radius 1 is 0.481 bits per heavy atom. The molecule has 2 heteroatoms. The van der Waals surface area contributed by atoms with E-state index in [1.165, 1.54) is 72.0 Å². The average molecular weight is 674 g/mol. The van der Waals surface area contributed by atoms with E-state index in [1.807, 2.05) is 0 Å². The molecule has 2 nitrogen and oxygen atoms in total. The molecule has 1 aliphatic heterocycles. The van der Waals surface area contributed by atoms with Crippen molar-refractivity contribution in [2.45, 2.75) is 57.9 Å². The highest BCUT2D eigenvalue weighted by Gasteiger charge is 2.58. The van der Waals surface area contributed by atoms with Gasteiger partial charge >= 0.3 is 0 Å². The third kappa shape index (κ3) is 4.74. The van der Waals surface area contributed by atoms with Gasteiger partial charge in [0, 0.05) is 41.4 Å². The first-order valence-electron chi connectivity index (χ1n) is 19.0. The molecule has 0 saturated carbocycles. The zero-order valence-corrected chi connectivity index (χ0v) is 30.6. The Kier molecular flexibility index (Phi) is 7.74. The van der Waals surface area contributed by atoms with Gasteiger partial charge < -0.3 is 4.57 Å². The van der Waals surface area contributed by atoms with Crippen LogP contribution in [-0.4, -0.2) is 4.57 Å². The zero-order chi connectivity index (χ0) is 35.5. The Balaban J connectivity index is 1.22. The fourth-order valence-corrected chi connectivity index (χ4v) is 9.64. The first-order chi connectivity index (χ1) is 25.5. The van der Waals surface area contributed by atoms with Gasteiger partial charge in [-0.1, -0.05) is 118 Å². The molecule has 9 rings (SSSR count). The lowest BCUT2D eigenvalue weighted by Gasteiger charge is -2.47. The number of nitrogens with zero attached hydrogens (tertiary/aromatic N) is 2. The molecule has 3 heterocycles. The molecule has 1 atom stereocenters. The van der Waals surface area contributed by atoms with Crippen molar-refractivity contribution in [2.75, 3.05) is 0 Å². The molecule has 0 bridgehead atoms. The monoisotopic (exact) mass is 673 g/mol. The van der Waals surface area contributed by atoms with Crippen LogP contribution in [0.25, 0.3) is 72.1 Å². The van der Waals surface area contributed by atoms with E-state index in [-0.39, 0.29) is 11.0 Å². The van der Waals surface area contributed by atoms with Gasteiger partial charge in [-0.25, -0.2) is 0 Å². The summed E-state index contributed by atoms with van der Waals surface area (Å²) in [4.78, 5) is 0. The van der Waals surface area contributed by atoms with Crippen molar-refractivity contribution in [3.05, 3.63) is 169 Å². The topological polar surface area (TPSA) is 8.81 Å². The lowest BCUT2D eigenvalue weighted by molar-refractivity contribution is -0.769. The second kappa shape index (κ2) is 12.5. The first-order valence-corrected chi connectivity index (χ1v) is 19.0. The molecule has 0 amide bonds. The molecule has 0 spiro atoms. The van der Waals surface area contributed by atoms with Crippen LogP contribution in [0.2, 0.25) is 0 Å². The van der Waals surface area contributed by atoms with Crippen LogP contribution in [0.4, 0.5) is 0 Å². The second-order valence-electron chi connectivity index (χ2n) is 14.7. The number of para-hydroxylation sites is 2. The maximum atomic E-state index is 2.60. The molecule has 8 aromatic rings. The smallest absolute Gasteiger partial charge is 0.213 e. The van der Waals surface area contributed by atoms with Gasteiger partial charge in [-0.2, -0.15) is 4.57 Å². The van der Waals surface area contributed by atoms with E-state index in [0.717, 1.165) is 24.9 Å². The molecule has 52 heavy (non-hydrogen) atoms. The molecule has 0 N–H and O–H groups in total. The summed E-state index contributed by atoms with van der Waals surface area (Å²) in [5.74, 6) is 0. The Labute approximate surface area is 307 Å². The van der Waals surface area contributed by atoms with Crippen LogP contribution in [0.15, 0.2) is 164 Å². The highest BCUT2D eigenvalue weighted by Crippen LogP contribution is 2.52. The summed E-state index contributed by atoms with van der Waals surface area (Å²) in [7, 11) is 0. The summed E-state index contributed by atoms with van der Waals surface area (Å²) in [5, 5.41) is 2.54. The van der Waals surface area contributed by atoms with Crippen LogP contribution in [0, 0.1) is 0 Å². The van der Waals surface area contributed by atoms with Gasteiger partial charge in [0.15, 0.2) is 11.7 Å². The molecule has 0 saturated heterocycles. The summed E-state index contributed by atoms with van der Waals surface area (Å²) >= 11 is 0. The van der Waals surface area contributed by atoms with Crippen LogP contribution in [-0.2, 0) is 11.0 Å². The van der Waals surface area contributed by atoms with Crippen molar-refractivity contribution in [2.24, 2.45) is 0 Å². The predicted octanol–water partition coefficient (Wildman–Crippen LogP) is 12.9. The summed E-state index contributed by atoms with van der Waals surface area (Å²) in [6.45, 7) is 9.60. The standard InChI is InChI=1S/C50H45N2/c1-5-49(4)45-28-27-38(34-44(45)46-24-15-16-29-51(46)50(49,6-2)7-3)36-20-17-21-37(30-36)40-31-39(35-18-9-8-10-19-35)32-41(33-40)52-47-25-13-11-22-42(47)43-23-12-14-26-48(43)52/h8-34H,5-7H2,1-4H3/q+1. The van der Waals surface area contributed by atoms with Gasteiger partial charge in [0.25, 0.3) is 0 Å². The lowest BCUT2D eigenvalue weighted by Crippen LogP contribution is -2.68. The van der Waals surface area contributed by atoms with Crippen LogP contribution in [0.1, 0.15) is 52.5 Å². The van der Waals surface area contributed by atoms with E-state index in [9.17, 15) is 0 Å². The maximum Gasteiger partial charge on any atom is 0.213 e. The normalized spacial score (nSPS) is 16.2. The van der Waals surface area contributed by atoms with Gasteiger partial charge in [0.05, 0.1) is 22.0 Å². The third-order valence-corrected chi connectivity index (χ3v) is 12.5. The fraction of sp³-hybridized carbons (Fsp3) is 0.180. The molecule has 2 aromatic heterocycles. The minimum atomic E-state index is 0.0202. The van der Waals surface area contributed by atoms with E-state index in [4.69, 9.17) is 0 Å². The van der Waals surface area contributed by atoms with Crippen molar-refractivity contribution in [3.63, 3.8) is 0 Å². The van der Waals surface area contributed by atoms with E-state index >= 15 is 0 Å². The van der Waals surface area contributed by atoms with Gasteiger partial charge in [-0.15, -0.1) is 0 Å². The summed E-state index contributed by atoms with van der Waals surface area (Å²) < 4.78 is 5.03. The van der Waals surface area contributed by atoms with Crippen molar-refractivity contribution < 1.29 is 4.57 Å². The van der Waals surface area contributed by atoms with Crippen molar-refractivity contribution in [1.29, 1.82) is 0 Å². The third-order valence-electron chi connectivity index (χ3n) is 12.5. The van der Waals surface area contributed by atoms with E-state index in [0.29, 0.717) is 0 Å². The second-order valence-corrected chi connectivity index (χ2v) is 14.7. The molecule has 0 aliphatic carbocycles. The predicted molar refractivity (Wildman–Crippen MR) is 219 cm³/mol. The van der Waals surface area contributed by atoms with Gasteiger partial charge in [0.1, 0.15) is 0 Å². The van der Waals surface area contributed by atoms with E-state index in [1.54, 1.807) is 0 Å². The van der Waals surface area contributed by atoms with Crippen molar-refractivity contribution in [3.8, 4) is 50.3 Å². The van der Waals surface area contributed by atoms with E-state index in [2.05, 4.69) is 201 Å². The van der Waals surface area contributed by atoms with E-state index < -0.39 is 0 Å². The molecular formula is C50H45N2+. The molecular weight excluding hydrogens is 629 g/mol. The molecule has 6 aromatic carbocycles. The molecule has 0 fully saturated rings. The van der Waals surface area contributed by atoms with Crippen molar-refractivity contribution >= 4 is 21.8 Å². The molecule has 1 unspecified atom stereocenters. The van der Waals surface area contributed by atoms with Crippen LogP contribution in [0.5, 0.6) is 0 Å². The fourth-order valence-electron chi connectivity index (χ4n) is 9.64. The number of aromatic nitrogens is 2. The minimum Gasteiger partial charge on any atom is -0.309 e.